The van der Waals surface area contributed by atoms with Gasteiger partial charge in [0, 0.05) is 22.6 Å². The first-order chi connectivity index (χ1) is 14.5. The molecule has 0 atom stereocenters. The number of hydrogen-bond donors (Lipinski definition) is 3. The van der Waals surface area contributed by atoms with E-state index >= 15 is 0 Å². The van der Waals surface area contributed by atoms with Gasteiger partial charge < -0.3 is 15.4 Å². The maximum Gasteiger partial charge on any atom is 0.325 e. The van der Waals surface area contributed by atoms with Crippen molar-refractivity contribution in [3.63, 3.8) is 0 Å². The Kier molecular flexibility index (Phi) is 7.17. The number of methoxy groups -OCH3 is 1. The summed E-state index contributed by atoms with van der Waals surface area (Å²) in [5, 5.41) is 12.5. The lowest BCUT2D eigenvalue weighted by Gasteiger charge is -2.08. The number of carbonyl (C=O) groups excluding carboxylic acids is 3. The molecule has 0 aliphatic rings. The zero-order chi connectivity index (χ0) is 21.3. The van der Waals surface area contributed by atoms with Gasteiger partial charge in [-0.15, -0.1) is 0 Å². The normalized spacial score (nSPS) is 10.3. The first kappa shape index (κ1) is 21.1. The second-order valence-electron chi connectivity index (χ2n) is 6.07. The Morgan fingerprint density at radius 3 is 2.30 bits per heavy atom. The largest absolute Gasteiger partial charge is 0.468 e. The lowest BCUT2D eigenvalue weighted by atomic mass is 10.1. The Morgan fingerprint density at radius 1 is 1.00 bits per heavy atom. The number of nitrogens with zero attached hydrogens (tertiary/aromatic N) is 2. The van der Waals surface area contributed by atoms with E-state index in [9.17, 15) is 14.4 Å². The van der Waals surface area contributed by atoms with Crippen LogP contribution in [-0.2, 0) is 15.3 Å². The smallest absolute Gasteiger partial charge is 0.325 e. The van der Waals surface area contributed by atoms with Gasteiger partial charge in [0.1, 0.15) is 12.9 Å². The summed E-state index contributed by atoms with van der Waals surface area (Å²) in [7, 11) is 1.25. The van der Waals surface area contributed by atoms with Crippen molar-refractivity contribution in [2.75, 3.05) is 19.0 Å². The predicted molar refractivity (Wildman–Crippen MR) is 111 cm³/mol. The number of rotatable bonds is 8. The van der Waals surface area contributed by atoms with Crippen LogP contribution in [0.2, 0.25) is 0 Å². The number of carbonyl (C=O) groups is 3. The number of ether oxygens (including phenoxy) is 1. The van der Waals surface area contributed by atoms with Gasteiger partial charge in [-0.2, -0.15) is 5.10 Å². The van der Waals surface area contributed by atoms with E-state index in [1.807, 2.05) is 12.1 Å². The van der Waals surface area contributed by atoms with Gasteiger partial charge in [0.15, 0.2) is 5.16 Å². The van der Waals surface area contributed by atoms with Crippen molar-refractivity contribution in [3.8, 4) is 0 Å². The predicted octanol–water partition coefficient (Wildman–Crippen LogP) is 2.25. The molecular formula is C20H19N5O4S. The number of benzene rings is 2. The molecule has 2 amide bonds. The fourth-order valence-corrected chi connectivity index (χ4v) is 3.14. The number of nitrogens with one attached hydrogen (secondary N) is 3. The second-order valence-corrected chi connectivity index (χ2v) is 7.03. The van der Waals surface area contributed by atoms with E-state index in [1.165, 1.54) is 25.2 Å². The van der Waals surface area contributed by atoms with Crippen molar-refractivity contribution in [2.45, 2.75) is 10.9 Å². The summed E-state index contributed by atoms with van der Waals surface area (Å²) >= 11 is 1.52. The number of amides is 2. The van der Waals surface area contributed by atoms with Crippen LogP contribution < -0.4 is 10.6 Å². The molecule has 0 saturated carbocycles. The van der Waals surface area contributed by atoms with Crippen LogP contribution in [0.3, 0.4) is 0 Å². The Balaban J connectivity index is 1.52. The van der Waals surface area contributed by atoms with Crippen molar-refractivity contribution in [1.82, 2.24) is 20.5 Å². The highest BCUT2D eigenvalue weighted by atomic mass is 32.2. The van der Waals surface area contributed by atoms with Crippen LogP contribution >= 0.6 is 11.8 Å². The van der Waals surface area contributed by atoms with Gasteiger partial charge in [-0.05, 0) is 42.0 Å². The summed E-state index contributed by atoms with van der Waals surface area (Å²) < 4.78 is 4.47. The lowest BCUT2D eigenvalue weighted by molar-refractivity contribution is -0.139. The highest BCUT2D eigenvalue weighted by Gasteiger charge is 2.10. The molecule has 3 rings (SSSR count). The van der Waals surface area contributed by atoms with Crippen molar-refractivity contribution in [3.05, 3.63) is 71.5 Å². The molecule has 3 N–H and O–H groups in total. The SMILES string of the molecule is COC(=O)CNC(=O)c1ccc(NC(=O)c2ccc(CSc3ncn[nH]3)cc2)cc1. The van der Waals surface area contributed by atoms with Crippen LogP contribution in [0, 0.1) is 0 Å². The number of esters is 1. The number of aromatic amines is 1. The molecule has 1 aromatic heterocycles. The minimum absolute atomic E-state index is 0.208. The fourth-order valence-electron chi connectivity index (χ4n) is 2.40. The van der Waals surface area contributed by atoms with E-state index in [4.69, 9.17) is 0 Å². The van der Waals surface area contributed by atoms with Crippen LogP contribution in [0.15, 0.2) is 60.0 Å². The quantitative estimate of drug-likeness (QED) is 0.373. The lowest BCUT2D eigenvalue weighted by Crippen LogP contribution is -2.30. The summed E-state index contributed by atoms with van der Waals surface area (Å²) in [6.45, 7) is -0.208. The van der Waals surface area contributed by atoms with E-state index in [0.29, 0.717) is 22.6 Å². The molecule has 2 aromatic carbocycles. The minimum atomic E-state index is -0.533. The van der Waals surface area contributed by atoms with Gasteiger partial charge in [0.2, 0.25) is 0 Å². The van der Waals surface area contributed by atoms with Gasteiger partial charge in [-0.25, -0.2) is 4.98 Å². The maximum atomic E-state index is 12.4. The number of hydrogen-bond acceptors (Lipinski definition) is 7. The standard InChI is InChI=1S/C20H19N5O4S/c1-29-17(26)10-21-18(27)14-6-8-16(9-7-14)24-19(28)15-4-2-13(3-5-15)11-30-20-22-12-23-25-20/h2-9,12H,10-11H2,1H3,(H,21,27)(H,24,28)(H,22,23,25). The van der Waals surface area contributed by atoms with E-state index in [2.05, 4.69) is 30.6 Å². The molecule has 3 aromatic rings. The van der Waals surface area contributed by atoms with Crippen molar-refractivity contribution >= 4 is 35.2 Å². The van der Waals surface area contributed by atoms with Crippen molar-refractivity contribution in [1.29, 1.82) is 0 Å². The number of anilines is 1. The Hall–Kier alpha value is -3.66. The number of thioether (sulfide) groups is 1. The third-order valence-corrected chi connectivity index (χ3v) is 4.96. The van der Waals surface area contributed by atoms with Gasteiger partial charge in [-0.3, -0.25) is 19.5 Å². The van der Waals surface area contributed by atoms with E-state index in [-0.39, 0.29) is 12.5 Å². The van der Waals surface area contributed by atoms with Gasteiger partial charge >= 0.3 is 5.97 Å². The summed E-state index contributed by atoms with van der Waals surface area (Å²) in [4.78, 5) is 39.5. The first-order valence-corrected chi connectivity index (χ1v) is 9.87. The third-order valence-electron chi connectivity index (χ3n) is 4.01. The summed E-state index contributed by atoms with van der Waals surface area (Å²) in [5.74, 6) is -0.490. The van der Waals surface area contributed by atoms with Gasteiger partial charge in [-0.1, -0.05) is 23.9 Å². The molecule has 0 aliphatic carbocycles. The molecule has 0 unspecified atom stereocenters. The average Bonchev–Trinajstić information content (AvgIpc) is 3.30. The summed E-state index contributed by atoms with van der Waals surface area (Å²) in [6.07, 6.45) is 1.46. The van der Waals surface area contributed by atoms with E-state index in [0.717, 1.165) is 10.7 Å². The molecule has 0 saturated heterocycles. The minimum Gasteiger partial charge on any atom is -0.468 e. The van der Waals surface area contributed by atoms with Crippen LogP contribution in [0.1, 0.15) is 26.3 Å². The summed E-state index contributed by atoms with van der Waals surface area (Å²) in [6, 6.07) is 13.6. The van der Waals surface area contributed by atoms with E-state index in [1.54, 1.807) is 36.4 Å². The molecule has 0 bridgehead atoms. The van der Waals surface area contributed by atoms with Crippen LogP contribution in [0.25, 0.3) is 0 Å². The Bertz CT molecular complexity index is 1000. The second kappa shape index (κ2) is 10.2. The molecular weight excluding hydrogens is 406 g/mol. The monoisotopic (exact) mass is 425 g/mol. The average molecular weight is 425 g/mol. The molecule has 30 heavy (non-hydrogen) atoms. The van der Waals surface area contributed by atoms with Crippen molar-refractivity contribution in [2.24, 2.45) is 0 Å². The molecule has 0 radical (unpaired) electrons. The molecule has 9 nitrogen and oxygen atoms in total. The fraction of sp³-hybridized carbons (Fsp3) is 0.150. The highest BCUT2D eigenvalue weighted by Crippen LogP contribution is 2.19. The number of aromatic nitrogens is 3. The first-order valence-electron chi connectivity index (χ1n) is 8.88. The topological polar surface area (TPSA) is 126 Å². The highest BCUT2D eigenvalue weighted by molar-refractivity contribution is 7.98. The van der Waals surface area contributed by atoms with E-state index < -0.39 is 11.9 Å². The van der Waals surface area contributed by atoms with Gasteiger partial charge in [0.25, 0.3) is 11.8 Å². The van der Waals surface area contributed by atoms with Crippen LogP contribution in [-0.4, -0.2) is 46.6 Å². The van der Waals surface area contributed by atoms with Crippen molar-refractivity contribution < 1.29 is 19.1 Å². The molecule has 154 valence electrons. The zero-order valence-corrected chi connectivity index (χ0v) is 16.9. The third kappa shape index (κ3) is 5.92. The van der Waals surface area contributed by atoms with Gasteiger partial charge in [0.05, 0.1) is 7.11 Å². The zero-order valence-electron chi connectivity index (χ0n) is 16.0. The molecule has 10 heteroatoms. The summed E-state index contributed by atoms with van der Waals surface area (Å²) in [5.41, 5.74) is 2.48. The van der Waals surface area contributed by atoms with Crippen LogP contribution in [0.5, 0.6) is 0 Å². The Labute approximate surface area is 176 Å². The Morgan fingerprint density at radius 2 is 1.67 bits per heavy atom. The van der Waals surface area contributed by atoms with Crippen LogP contribution in [0.4, 0.5) is 5.69 Å². The number of H-pyrrole nitrogens is 1. The molecule has 0 aliphatic heterocycles. The molecule has 0 fully saturated rings. The molecule has 1 heterocycles. The molecule has 0 spiro atoms. The maximum absolute atomic E-state index is 12.4.